The largest absolute Gasteiger partial charge is 0.416 e. The molecule has 0 spiro atoms. The predicted molar refractivity (Wildman–Crippen MR) is 85.6 cm³/mol. The van der Waals surface area contributed by atoms with E-state index in [1.807, 2.05) is 10.3 Å². The van der Waals surface area contributed by atoms with E-state index in [1.165, 1.54) is 11.3 Å². The average molecular weight is 390 g/mol. The fourth-order valence-corrected chi connectivity index (χ4v) is 4.55. The number of carbonyl (C=O) groups excluding carboxylic acids is 1. The van der Waals surface area contributed by atoms with Crippen molar-refractivity contribution in [1.29, 1.82) is 0 Å². The Bertz CT molecular complexity index is 899. The van der Waals surface area contributed by atoms with E-state index in [1.54, 1.807) is 6.07 Å². The van der Waals surface area contributed by atoms with Gasteiger partial charge in [0.15, 0.2) is 0 Å². The molecular formula is C15H13F3N2O3S2. The van der Waals surface area contributed by atoms with E-state index in [2.05, 4.69) is 0 Å². The van der Waals surface area contributed by atoms with Crippen LogP contribution in [-0.4, -0.2) is 14.3 Å². The maximum atomic E-state index is 12.7. The van der Waals surface area contributed by atoms with E-state index in [9.17, 15) is 26.4 Å². The summed E-state index contributed by atoms with van der Waals surface area (Å²) < 4.78 is 62.3. The van der Waals surface area contributed by atoms with Gasteiger partial charge in [-0.3, -0.25) is 10.2 Å². The van der Waals surface area contributed by atoms with Gasteiger partial charge in [0.1, 0.15) is 0 Å². The summed E-state index contributed by atoms with van der Waals surface area (Å²) in [4.78, 5) is 14.7. The highest BCUT2D eigenvalue weighted by Gasteiger charge is 2.31. The third-order valence-corrected chi connectivity index (χ3v) is 6.22. The zero-order valence-corrected chi connectivity index (χ0v) is 14.3. The molecule has 10 heteroatoms. The Kier molecular flexibility index (Phi) is 4.60. The van der Waals surface area contributed by atoms with Crippen LogP contribution < -0.4 is 10.3 Å². The van der Waals surface area contributed by atoms with Crippen LogP contribution in [0.25, 0.3) is 0 Å². The van der Waals surface area contributed by atoms with Gasteiger partial charge in [-0.2, -0.15) is 13.2 Å². The molecule has 1 heterocycles. The molecule has 0 fully saturated rings. The molecule has 25 heavy (non-hydrogen) atoms. The molecule has 2 aromatic rings. The number of aryl methyl sites for hydroxylation is 2. The highest BCUT2D eigenvalue weighted by Crippen LogP contribution is 2.31. The van der Waals surface area contributed by atoms with Gasteiger partial charge in [0.2, 0.25) is 0 Å². The van der Waals surface area contributed by atoms with Gasteiger partial charge in [-0.1, -0.05) is 6.07 Å². The first-order valence-electron chi connectivity index (χ1n) is 7.28. The van der Waals surface area contributed by atoms with Gasteiger partial charge in [-0.25, -0.2) is 8.42 Å². The minimum Gasteiger partial charge on any atom is -0.273 e. The lowest BCUT2D eigenvalue weighted by molar-refractivity contribution is -0.137. The first-order valence-corrected chi connectivity index (χ1v) is 9.58. The summed E-state index contributed by atoms with van der Waals surface area (Å²) in [5.41, 5.74) is 2.03. The highest BCUT2D eigenvalue weighted by atomic mass is 32.2. The van der Waals surface area contributed by atoms with Gasteiger partial charge in [0, 0.05) is 4.88 Å². The minimum absolute atomic E-state index is 0.358. The van der Waals surface area contributed by atoms with Crippen molar-refractivity contribution in [2.24, 2.45) is 0 Å². The lowest BCUT2D eigenvalue weighted by Crippen LogP contribution is -2.41. The second kappa shape index (κ2) is 6.43. The summed E-state index contributed by atoms with van der Waals surface area (Å²) in [6, 6.07) is 4.99. The lowest BCUT2D eigenvalue weighted by atomic mass is 10.2. The Hall–Kier alpha value is -1.91. The maximum absolute atomic E-state index is 12.7. The molecule has 0 saturated heterocycles. The summed E-state index contributed by atoms with van der Waals surface area (Å²) in [6.45, 7) is 0. The molecule has 1 aromatic heterocycles. The fourth-order valence-electron chi connectivity index (χ4n) is 2.51. The van der Waals surface area contributed by atoms with E-state index in [0.717, 1.165) is 47.9 Å². The average Bonchev–Trinajstić information content (AvgIpc) is 3.13. The number of benzene rings is 1. The van der Waals surface area contributed by atoms with Gasteiger partial charge >= 0.3 is 6.18 Å². The standard InChI is InChI=1S/C15H13F3N2O3S2/c16-15(17,18)10-4-2-5-11(8-10)25(22,23)20-19-14(21)13-7-9-3-1-6-12(9)24-13/h2,4-5,7-8,20H,1,3,6H2,(H,19,21). The van der Waals surface area contributed by atoms with Crippen molar-refractivity contribution < 1.29 is 26.4 Å². The summed E-state index contributed by atoms with van der Waals surface area (Å²) in [7, 11) is -4.32. The fraction of sp³-hybridized carbons (Fsp3) is 0.267. The molecular weight excluding hydrogens is 377 g/mol. The van der Waals surface area contributed by atoms with Gasteiger partial charge in [-0.15, -0.1) is 16.2 Å². The number of nitrogens with one attached hydrogen (secondary N) is 2. The number of halogens is 3. The van der Waals surface area contributed by atoms with Crippen LogP contribution in [0.3, 0.4) is 0 Å². The van der Waals surface area contributed by atoms with E-state index in [0.29, 0.717) is 10.9 Å². The quantitative estimate of drug-likeness (QED) is 0.789. The molecule has 2 N–H and O–H groups in total. The Labute approximate surface area is 145 Å². The number of carbonyl (C=O) groups is 1. The maximum Gasteiger partial charge on any atom is 0.416 e. The smallest absolute Gasteiger partial charge is 0.273 e. The first-order chi connectivity index (χ1) is 11.7. The van der Waals surface area contributed by atoms with Crippen LogP contribution in [0.15, 0.2) is 35.2 Å². The topological polar surface area (TPSA) is 75.3 Å². The predicted octanol–water partition coefficient (Wildman–Crippen LogP) is 2.88. The van der Waals surface area contributed by atoms with Crippen molar-refractivity contribution in [2.75, 3.05) is 0 Å². The summed E-state index contributed by atoms with van der Waals surface area (Å²) in [5, 5.41) is 0. The molecule has 0 radical (unpaired) electrons. The Morgan fingerprint density at radius 3 is 2.60 bits per heavy atom. The van der Waals surface area contributed by atoms with Crippen molar-refractivity contribution >= 4 is 27.3 Å². The van der Waals surface area contributed by atoms with Crippen LogP contribution >= 0.6 is 11.3 Å². The number of rotatable bonds is 4. The third-order valence-electron chi connectivity index (χ3n) is 3.74. The molecule has 1 aliphatic rings. The van der Waals surface area contributed by atoms with Crippen LogP contribution in [0.4, 0.5) is 13.2 Å². The third kappa shape index (κ3) is 3.86. The summed E-state index contributed by atoms with van der Waals surface area (Å²) in [6.07, 6.45) is -1.85. The highest BCUT2D eigenvalue weighted by molar-refractivity contribution is 7.89. The molecule has 1 amide bonds. The summed E-state index contributed by atoms with van der Waals surface area (Å²) >= 11 is 1.29. The van der Waals surface area contributed by atoms with E-state index < -0.39 is 32.6 Å². The van der Waals surface area contributed by atoms with Gasteiger partial charge in [-0.05, 0) is 49.1 Å². The van der Waals surface area contributed by atoms with Crippen LogP contribution in [0.2, 0.25) is 0 Å². The number of thiophene rings is 1. The Morgan fingerprint density at radius 1 is 1.16 bits per heavy atom. The molecule has 0 saturated carbocycles. The van der Waals surface area contributed by atoms with Crippen molar-refractivity contribution in [3.63, 3.8) is 0 Å². The monoisotopic (exact) mass is 390 g/mol. The zero-order chi connectivity index (χ0) is 18.2. The lowest BCUT2D eigenvalue weighted by Gasteiger charge is -2.10. The molecule has 3 rings (SSSR count). The van der Waals surface area contributed by atoms with Crippen molar-refractivity contribution in [3.05, 3.63) is 51.2 Å². The molecule has 1 aliphatic carbocycles. The second-order valence-electron chi connectivity index (χ2n) is 5.50. The number of hydrazine groups is 1. The molecule has 0 aliphatic heterocycles. The van der Waals surface area contributed by atoms with Crippen molar-refractivity contribution in [1.82, 2.24) is 10.3 Å². The number of fused-ring (bicyclic) bond motifs is 1. The number of sulfonamides is 1. The van der Waals surface area contributed by atoms with Gasteiger partial charge in [0.25, 0.3) is 15.9 Å². The van der Waals surface area contributed by atoms with Gasteiger partial charge in [0.05, 0.1) is 15.3 Å². The molecule has 134 valence electrons. The summed E-state index contributed by atoms with van der Waals surface area (Å²) in [5.74, 6) is -0.644. The van der Waals surface area contributed by atoms with E-state index in [4.69, 9.17) is 0 Å². The van der Waals surface area contributed by atoms with E-state index >= 15 is 0 Å². The molecule has 0 atom stereocenters. The Morgan fingerprint density at radius 2 is 1.92 bits per heavy atom. The van der Waals surface area contributed by atoms with Crippen LogP contribution in [0.5, 0.6) is 0 Å². The van der Waals surface area contributed by atoms with Crippen LogP contribution in [0, 0.1) is 0 Å². The van der Waals surface area contributed by atoms with Crippen LogP contribution in [0.1, 0.15) is 32.1 Å². The first kappa shape index (κ1) is 17.9. The van der Waals surface area contributed by atoms with Crippen molar-refractivity contribution in [3.8, 4) is 0 Å². The normalized spacial score (nSPS) is 14.4. The number of hydrogen-bond donors (Lipinski definition) is 2. The van der Waals surface area contributed by atoms with Crippen molar-refractivity contribution in [2.45, 2.75) is 30.3 Å². The number of alkyl halides is 3. The molecule has 1 aromatic carbocycles. The molecule has 0 bridgehead atoms. The minimum atomic E-state index is -4.66. The van der Waals surface area contributed by atoms with Crippen LogP contribution in [-0.2, 0) is 29.0 Å². The molecule has 5 nitrogen and oxygen atoms in total. The second-order valence-corrected chi connectivity index (χ2v) is 8.32. The number of amides is 1. The van der Waals surface area contributed by atoms with E-state index in [-0.39, 0.29) is 0 Å². The van der Waals surface area contributed by atoms with Gasteiger partial charge < -0.3 is 0 Å². The molecule has 0 unspecified atom stereocenters. The number of hydrogen-bond acceptors (Lipinski definition) is 4. The Balaban J connectivity index is 1.72. The SMILES string of the molecule is O=C(NNS(=O)(=O)c1cccc(C(F)(F)F)c1)c1cc2c(s1)CCC2. The zero-order valence-electron chi connectivity index (χ0n) is 12.7.